The molecule has 0 aliphatic rings. The Morgan fingerprint density at radius 1 is 1.50 bits per heavy atom. The molecular weight excluding hydrogens is 226 g/mol. The van der Waals surface area contributed by atoms with Crippen LogP contribution in [0.15, 0.2) is 17.9 Å². The first-order chi connectivity index (χ1) is 7.61. The molecule has 16 heavy (non-hydrogen) atoms. The van der Waals surface area contributed by atoms with Crippen LogP contribution < -0.4 is 5.73 Å². The van der Waals surface area contributed by atoms with Gasteiger partial charge in [-0.05, 0) is 6.92 Å². The minimum atomic E-state index is -0.698. The average Bonchev–Trinajstić information content (AvgIpc) is 2.70. The maximum Gasteiger partial charge on any atom is 0.254 e. The van der Waals surface area contributed by atoms with E-state index in [1.165, 1.54) is 17.5 Å². The second-order valence-corrected chi connectivity index (χ2v) is 4.10. The third kappa shape index (κ3) is 1.63. The highest BCUT2D eigenvalue weighted by atomic mass is 32.1. The SMILES string of the molecule is Cc1ncc(C(N)=O)c(O)c1-c1cncs1. The molecule has 0 atom stereocenters. The largest absolute Gasteiger partial charge is 0.506 e. The third-order valence-electron chi connectivity index (χ3n) is 2.19. The van der Waals surface area contributed by atoms with Crippen molar-refractivity contribution < 1.29 is 9.90 Å². The average molecular weight is 235 g/mol. The molecule has 6 heteroatoms. The molecule has 0 saturated carbocycles. The molecule has 2 aromatic heterocycles. The number of nitrogens with zero attached hydrogens (tertiary/aromatic N) is 2. The van der Waals surface area contributed by atoms with Crippen molar-refractivity contribution in [1.29, 1.82) is 0 Å². The topological polar surface area (TPSA) is 89.1 Å². The van der Waals surface area contributed by atoms with Crippen molar-refractivity contribution in [1.82, 2.24) is 9.97 Å². The van der Waals surface area contributed by atoms with E-state index in [0.717, 1.165) is 4.88 Å². The highest BCUT2D eigenvalue weighted by Gasteiger charge is 2.17. The van der Waals surface area contributed by atoms with Crippen LogP contribution in [-0.2, 0) is 0 Å². The molecule has 1 amide bonds. The first-order valence-electron chi connectivity index (χ1n) is 4.48. The van der Waals surface area contributed by atoms with Gasteiger partial charge in [0.05, 0.1) is 21.5 Å². The predicted molar refractivity (Wildman–Crippen MR) is 60.3 cm³/mol. The summed E-state index contributed by atoms with van der Waals surface area (Å²) in [4.78, 5) is 19.8. The van der Waals surface area contributed by atoms with Crippen LogP contribution in [-0.4, -0.2) is 21.0 Å². The van der Waals surface area contributed by atoms with Crippen molar-refractivity contribution in [3.63, 3.8) is 0 Å². The fourth-order valence-electron chi connectivity index (χ4n) is 1.41. The Bertz CT molecular complexity index is 537. The molecule has 0 fully saturated rings. The minimum Gasteiger partial charge on any atom is -0.506 e. The van der Waals surface area contributed by atoms with Gasteiger partial charge < -0.3 is 10.8 Å². The molecule has 0 aliphatic carbocycles. The van der Waals surface area contributed by atoms with Crippen LogP contribution in [0.5, 0.6) is 5.75 Å². The van der Waals surface area contributed by atoms with Crippen LogP contribution in [0.25, 0.3) is 10.4 Å². The lowest BCUT2D eigenvalue weighted by Gasteiger charge is -2.07. The number of carbonyl (C=O) groups is 1. The van der Waals surface area contributed by atoms with Gasteiger partial charge in [0, 0.05) is 18.1 Å². The lowest BCUT2D eigenvalue weighted by atomic mass is 10.1. The van der Waals surface area contributed by atoms with Crippen molar-refractivity contribution in [3.05, 3.63) is 29.2 Å². The fraction of sp³-hybridized carbons (Fsp3) is 0.100. The third-order valence-corrected chi connectivity index (χ3v) is 2.98. The summed E-state index contributed by atoms with van der Waals surface area (Å²) in [5.74, 6) is -0.833. The van der Waals surface area contributed by atoms with Crippen molar-refractivity contribution in [2.75, 3.05) is 0 Å². The van der Waals surface area contributed by atoms with Gasteiger partial charge in [0.15, 0.2) is 0 Å². The lowest BCUT2D eigenvalue weighted by molar-refractivity contribution is 0.0997. The summed E-state index contributed by atoms with van der Waals surface area (Å²) >= 11 is 1.36. The van der Waals surface area contributed by atoms with Gasteiger partial charge in [-0.3, -0.25) is 14.8 Å². The number of hydrogen-bond donors (Lipinski definition) is 2. The minimum absolute atomic E-state index is 0.0222. The predicted octanol–water partition coefficient (Wildman–Crippen LogP) is 1.32. The fourth-order valence-corrected chi connectivity index (χ4v) is 2.13. The Labute approximate surface area is 95.6 Å². The monoisotopic (exact) mass is 235 g/mol. The molecule has 3 N–H and O–H groups in total. The van der Waals surface area contributed by atoms with Crippen LogP contribution in [0.3, 0.4) is 0 Å². The molecule has 0 unspecified atom stereocenters. The van der Waals surface area contributed by atoms with Crippen LogP contribution in [0.1, 0.15) is 16.1 Å². The normalized spacial score (nSPS) is 10.3. The number of pyridine rings is 1. The molecule has 5 nitrogen and oxygen atoms in total. The molecule has 82 valence electrons. The van der Waals surface area contributed by atoms with Crippen molar-refractivity contribution in [2.24, 2.45) is 5.73 Å². The quantitative estimate of drug-likeness (QED) is 0.821. The standard InChI is InChI=1S/C10H9N3O2S/c1-5-8(7-3-12-4-16-7)9(14)6(2-13-5)10(11)15/h2-4H,1H3,(H2,11,15)(H,13,14). The maximum atomic E-state index is 11.1. The van der Waals surface area contributed by atoms with E-state index in [-0.39, 0.29) is 11.3 Å². The molecule has 0 spiro atoms. The van der Waals surface area contributed by atoms with Gasteiger partial charge in [-0.25, -0.2) is 0 Å². The summed E-state index contributed by atoms with van der Waals surface area (Å²) in [5.41, 5.74) is 7.95. The van der Waals surface area contributed by atoms with E-state index in [1.54, 1.807) is 18.6 Å². The number of aryl methyl sites for hydroxylation is 1. The molecule has 0 aromatic carbocycles. The van der Waals surface area contributed by atoms with Gasteiger partial charge in [-0.15, -0.1) is 11.3 Å². The number of amides is 1. The van der Waals surface area contributed by atoms with Gasteiger partial charge in [-0.1, -0.05) is 0 Å². The number of primary amides is 1. The molecule has 0 radical (unpaired) electrons. The van der Waals surface area contributed by atoms with Gasteiger partial charge in [0.25, 0.3) is 5.91 Å². The summed E-state index contributed by atoms with van der Waals surface area (Å²) in [6.07, 6.45) is 2.89. The molecule has 2 heterocycles. The Kier molecular flexibility index (Phi) is 2.57. The number of nitrogens with two attached hydrogens (primary N) is 1. The molecule has 0 aliphatic heterocycles. The van der Waals surface area contributed by atoms with E-state index in [0.29, 0.717) is 11.3 Å². The number of carbonyl (C=O) groups excluding carboxylic acids is 1. The highest BCUT2D eigenvalue weighted by molar-refractivity contribution is 7.13. The van der Waals surface area contributed by atoms with E-state index in [2.05, 4.69) is 9.97 Å². The molecule has 2 aromatic rings. The van der Waals surface area contributed by atoms with Gasteiger partial charge in [-0.2, -0.15) is 0 Å². The summed E-state index contributed by atoms with van der Waals surface area (Å²) in [6, 6.07) is 0. The zero-order valence-corrected chi connectivity index (χ0v) is 9.28. The van der Waals surface area contributed by atoms with Crippen LogP contribution in [0, 0.1) is 6.92 Å². The molecule has 0 bridgehead atoms. The highest BCUT2D eigenvalue weighted by Crippen LogP contribution is 2.35. The van der Waals surface area contributed by atoms with E-state index < -0.39 is 5.91 Å². The first-order valence-corrected chi connectivity index (χ1v) is 5.36. The molecule has 0 saturated heterocycles. The number of aromatic hydroxyl groups is 1. The van der Waals surface area contributed by atoms with Crippen LogP contribution >= 0.6 is 11.3 Å². The number of aromatic nitrogens is 2. The first kappa shape index (κ1) is 10.6. The summed E-state index contributed by atoms with van der Waals surface area (Å²) < 4.78 is 0. The molecular formula is C10H9N3O2S. The lowest BCUT2D eigenvalue weighted by Crippen LogP contribution is -2.12. The Hall–Kier alpha value is -1.95. The number of hydrogen-bond acceptors (Lipinski definition) is 5. The Morgan fingerprint density at radius 3 is 2.81 bits per heavy atom. The van der Waals surface area contributed by atoms with E-state index in [9.17, 15) is 9.90 Å². The van der Waals surface area contributed by atoms with Gasteiger partial charge >= 0.3 is 0 Å². The van der Waals surface area contributed by atoms with Crippen molar-refractivity contribution >= 4 is 17.2 Å². The number of thiazole rings is 1. The van der Waals surface area contributed by atoms with Crippen LogP contribution in [0.4, 0.5) is 0 Å². The maximum absolute atomic E-state index is 11.1. The Morgan fingerprint density at radius 2 is 2.25 bits per heavy atom. The van der Waals surface area contributed by atoms with Gasteiger partial charge in [0.1, 0.15) is 5.75 Å². The van der Waals surface area contributed by atoms with E-state index in [4.69, 9.17) is 5.73 Å². The summed E-state index contributed by atoms with van der Waals surface area (Å²) in [5, 5.41) is 9.95. The summed E-state index contributed by atoms with van der Waals surface area (Å²) in [6.45, 7) is 1.75. The van der Waals surface area contributed by atoms with E-state index in [1.807, 2.05) is 0 Å². The Balaban J connectivity index is 2.69. The zero-order chi connectivity index (χ0) is 11.7. The zero-order valence-electron chi connectivity index (χ0n) is 8.47. The van der Waals surface area contributed by atoms with E-state index >= 15 is 0 Å². The second kappa shape index (κ2) is 3.90. The van der Waals surface area contributed by atoms with Gasteiger partial charge in [0.2, 0.25) is 0 Å². The second-order valence-electron chi connectivity index (χ2n) is 3.21. The molecule has 2 rings (SSSR count). The number of rotatable bonds is 2. The smallest absolute Gasteiger partial charge is 0.254 e. The van der Waals surface area contributed by atoms with Crippen LogP contribution in [0.2, 0.25) is 0 Å². The van der Waals surface area contributed by atoms with Crippen molar-refractivity contribution in [3.8, 4) is 16.2 Å². The summed E-state index contributed by atoms with van der Waals surface area (Å²) in [7, 11) is 0. The van der Waals surface area contributed by atoms with Crippen molar-refractivity contribution in [2.45, 2.75) is 6.92 Å².